The second-order valence-corrected chi connectivity index (χ2v) is 7.48. The van der Waals surface area contributed by atoms with Crippen molar-refractivity contribution in [3.63, 3.8) is 0 Å². The molecule has 1 aliphatic carbocycles. The van der Waals surface area contributed by atoms with Gasteiger partial charge in [-0.1, -0.05) is 77.6 Å². The summed E-state index contributed by atoms with van der Waals surface area (Å²) in [5, 5.41) is 8.62. The number of halogens is 1. The highest BCUT2D eigenvalue weighted by Crippen LogP contribution is 2.39. The third-order valence-electron chi connectivity index (χ3n) is 5.46. The van der Waals surface area contributed by atoms with Crippen LogP contribution in [0.5, 0.6) is 0 Å². The minimum atomic E-state index is -0.686. The third-order valence-corrected chi connectivity index (χ3v) is 5.46. The van der Waals surface area contributed by atoms with Crippen molar-refractivity contribution in [3.05, 3.63) is 0 Å². The van der Waals surface area contributed by atoms with Gasteiger partial charge >= 0.3 is 5.97 Å². The minimum absolute atomic E-state index is 0.299. The molecule has 0 radical (unpaired) electrons. The summed E-state index contributed by atoms with van der Waals surface area (Å²) >= 11 is 0. The van der Waals surface area contributed by atoms with Gasteiger partial charge in [0.15, 0.2) is 0 Å². The van der Waals surface area contributed by atoms with E-state index < -0.39 is 12.1 Å². The molecule has 0 aliphatic heterocycles. The summed E-state index contributed by atoms with van der Waals surface area (Å²) in [5.41, 5.74) is 0. The van der Waals surface area contributed by atoms with Crippen LogP contribution in [0.1, 0.15) is 103 Å². The predicted molar refractivity (Wildman–Crippen MR) is 94.4 cm³/mol. The number of carboxylic acid groups (broad SMARTS) is 1. The van der Waals surface area contributed by atoms with E-state index in [4.69, 9.17) is 5.11 Å². The molecule has 0 heterocycles. The molecule has 2 nitrogen and oxygen atoms in total. The van der Waals surface area contributed by atoms with Crippen LogP contribution in [0.2, 0.25) is 0 Å². The first-order valence-electron chi connectivity index (χ1n) is 9.99. The summed E-state index contributed by atoms with van der Waals surface area (Å²) < 4.78 is 14.2. The van der Waals surface area contributed by atoms with Gasteiger partial charge in [0.25, 0.3) is 0 Å². The van der Waals surface area contributed by atoms with Gasteiger partial charge in [-0.05, 0) is 31.1 Å². The topological polar surface area (TPSA) is 37.3 Å². The van der Waals surface area contributed by atoms with Gasteiger partial charge in [0.1, 0.15) is 6.17 Å². The maximum Gasteiger partial charge on any atom is 0.303 e. The van der Waals surface area contributed by atoms with Crippen LogP contribution in [-0.4, -0.2) is 17.2 Å². The van der Waals surface area contributed by atoms with E-state index in [1.54, 1.807) is 0 Å². The molecule has 1 unspecified atom stereocenters. The summed E-state index contributed by atoms with van der Waals surface area (Å²) in [6, 6.07) is 0. The van der Waals surface area contributed by atoms with Gasteiger partial charge < -0.3 is 5.11 Å². The molecular formula is C20H37FO2. The van der Waals surface area contributed by atoms with Crippen molar-refractivity contribution in [2.24, 2.45) is 11.8 Å². The highest BCUT2D eigenvalue weighted by atomic mass is 19.1. The molecule has 1 fully saturated rings. The summed E-state index contributed by atoms with van der Waals surface area (Å²) in [7, 11) is 0. The Morgan fingerprint density at radius 2 is 1.74 bits per heavy atom. The monoisotopic (exact) mass is 328 g/mol. The Labute approximate surface area is 142 Å². The molecule has 1 rings (SSSR count). The zero-order valence-electron chi connectivity index (χ0n) is 15.1. The number of aliphatic carboxylic acids is 1. The average molecular weight is 329 g/mol. The Kier molecular flexibility index (Phi) is 11.4. The first kappa shape index (κ1) is 20.4. The van der Waals surface area contributed by atoms with Crippen LogP contribution in [0, 0.1) is 11.8 Å². The molecular weight excluding hydrogens is 291 g/mol. The number of unbranched alkanes of at least 4 members (excludes halogenated alkanes) is 6. The van der Waals surface area contributed by atoms with E-state index in [1.807, 2.05) is 0 Å². The second kappa shape index (κ2) is 12.8. The third kappa shape index (κ3) is 9.99. The normalized spacial score (nSPS) is 22.3. The number of rotatable bonds is 14. The molecule has 136 valence electrons. The summed E-state index contributed by atoms with van der Waals surface area (Å²) in [6.45, 7) is 2.19. The second-order valence-electron chi connectivity index (χ2n) is 7.48. The van der Waals surface area contributed by atoms with Crippen LogP contribution in [0.4, 0.5) is 4.39 Å². The van der Waals surface area contributed by atoms with Crippen molar-refractivity contribution in [2.75, 3.05) is 0 Å². The van der Waals surface area contributed by atoms with Gasteiger partial charge in [-0.15, -0.1) is 0 Å². The molecule has 3 heteroatoms. The lowest BCUT2D eigenvalue weighted by molar-refractivity contribution is -0.137. The average Bonchev–Trinajstić information content (AvgIpc) is 2.94. The molecule has 0 bridgehead atoms. The lowest BCUT2D eigenvalue weighted by Crippen LogP contribution is -2.14. The van der Waals surface area contributed by atoms with Gasteiger partial charge in [0.05, 0.1) is 0 Å². The fraction of sp³-hybridized carbons (Fsp3) is 0.950. The van der Waals surface area contributed by atoms with Crippen LogP contribution in [-0.2, 0) is 4.79 Å². The van der Waals surface area contributed by atoms with Crippen molar-refractivity contribution in [3.8, 4) is 0 Å². The first-order valence-corrected chi connectivity index (χ1v) is 9.99. The highest BCUT2D eigenvalue weighted by Gasteiger charge is 2.28. The maximum atomic E-state index is 14.2. The van der Waals surface area contributed by atoms with Crippen LogP contribution in [0.15, 0.2) is 0 Å². The van der Waals surface area contributed by atoms with Crippen molar-refractivity contribution >= 4 is 5.97 Å². The van der Waals surface area contributed by atoms with Crippen molar-refractivity contribution < 1.29 is 14.3 Å². The van der Waals surface area contributed by atoms with Gasteiger partial charge in [-0.2, -0.15) is 0 Å². The van der Waals surface area contributed by atoms with Crippen LogP contribution in [0.3, 0.4) is 0 Å². The van der Waals surface area contributed by atoms with E-state index in [1.165, 1.54) is 51.4 Å². The lowest BCUT2D eigenvalue weighted by Gasteiger charge is -2.21. The van der Waals surface area contributed by atoms with Crippen LogP contribution < -0.4 is 0 Å². The lowest BCUT2D eigenvalue weighted by atomic mass is 9.86. The molecule has 1 saturated carbocycles. The zero-order valence-corrected chi connectivity index (χ0v) is 15.1. The smallest absolute Gasteiger partial charge is 0.303 e. The summed E-state index contributed by atoms with van der Waals surface area (Å²) in [4.78, 5) is 10.5. The number of hydrogen-bond donors (Lipinski definition) is 1. The van der Waals surface area contributed by atoms with E-state index in [0.717, 1.165) is 44.4 Å². The standard InChI is InChI=1S/C20H37FO2/c1-2-3-4-8-14-19(21)16-18-13-10-12-17(18)11-7-5-6-9-15-20(22)23/h17-19H,2-16H2,1H3,(H,22,23)/t17-,18+,19?/m0/s1. The Hall–Kier alpha value is -0.600. The number of hydrogen-bond acceptors (Lipinski definition) is 1. The molecule has 0 spiro atoms. The van der Waals surface area contributed by atoms with Crippen molar-refractivity contribution in [1.29, 1.82) is 0 Å². The van der Waals surface area contributed by atoms with E-state index in [0.29, 0.717) is 12.3 Å². The quantitative estimate of drug-likeness (QED) is 0.368. The Morgan fingerprint density at radius 3 is 2.48 bits per heavy atom. The van der Waals surface area contributed by atoms with Crippen LogP contribution >= 0.6 is 0 Å². The zero-order chi connectivity index (χ0) is 16.9. The highest BCUT2D eigenvalue weighted by molar-refractivity contribution is 5.66. The maximum absolute atomic E-state index is 14.2. The van der Waals surface area contributed by atoms with Crippen LogP contribution in [0.25, 0.3) is 0 Å². The molecule has 0 aromatic heterocycles. The fourth-order valence-corrected chi connectivity index (χ4v) is 4.08. The SMILES string of the molecule is CCCCCCC(F)C[C@H]1CCC[C@@H]1CCCCCCC(=O)O. The Morgan fingerprint density at radius 1 is 1.04 bits per heavy atom. The molecule has 1 N–H and O–H groups in total. The van der Waals surface area contributed by atoms with Gasteiger partial charge in [-0.25, -0.2) is 4.39 Å². The van der Waals surface area contributed by atoms with Crippen molar-refractivity contribution in [2.45, 2.75) is 109 Å². The van der Waals surface area contributed by atoms with Gasteiger partial charge in [0, 0.05) is 6.42 Å². The molecule has 0 aromatic rings. The minimum Gasteiger partial charge on any atom is -0.481 e. The largest absolute Gasteiger partial charge is 0.481 e. The Balaban J connectivity index is 2.09. The summed E-state index contributed by atoms with van der Waals surface area (Å²) in [6.07, 6.45) is 15.1. The molecule has 3 atom stereocenters. The van der Waals surface area contributed by atoms with Crippen molar-refractivity contribution in [1.82, 2.24) is 0 Å². The van der Waals surface area contributed by atoms with Gasteiger partial charge in [-0.3, -0.25) is 4.79 Å². The molecule has 0 saturated heterocycles. The molecule has 23 heavy (non-hydrogen) atoms. The van der Waals surface area contributed by atoms with E-state index in [2.05, 4.69) is 6.92 Å². The molecule has 1 aliphatic rings. The fourth-order valence-electron chi connectivity index (χ4n) is 4.08. The van der Waals surface area contributed by atoms with E-state index in [-0.39, 0.29) is 0 Å². The Bertz CT molecular complexity index is 306. The number of carbonyl (C=O) groups is 1. The van der Waals surface area contributed by atoms with E-state index in [9.17, 15) is 9.18 Å². The predicted octanol–water partition coefficient (Wildman–Crippen LogP) is 6.53. The van der Waals surface area contributed by atoms with Gasteiger partial charge in [0.2, 0.25) is 0 Å². The molecule has 0 amide bonds. The number of carboxylic acids is 1. The number of alkyl halides is 1. The van der Waals surface area contributed by atoms with E-state index >= 15 is 0 Å². The summed E-state index contributed by atoms with van der Waals surface area (Å²) in [5.74, 6) is 0.646. The molecule has 0 aromatic carbocycles. The first-order chi connectivity index (χ1) is 11.1.